The van der Waals surface area contributed by atoms with Crippen molar-refractivity contribution in [3.63, 3.8) is 0 Å². The average molecular weight is 223 g/mol. The van der Waals surface area contributed by atoms with Crippen LogP contribution >= 0.6 is 0 Å². The molecule has 0 radical (unpaired) electrons. The number of rotatable bonds is 1. The van der Waals surface area contributed by atoms with Crippen LogP contribution in [0.1, 0.15) is 33.6 Å². The predicted octanol–water partition coefficient (Wildman–Crippen LogP) is 0.952. The molecule has 1 rings (SSSR count). The zero-order valence-corrected chi connectivity index (χ0v) is 9.95. The maximum Gasteiger partial charge on any atom is 0.329 e. The minimum atomic E-state index is -0.537. The highest BCUT2D eigenvalue weighted by atomic mass is 16.6. The lowest BCUT2D eigenvalue weighted by Gasteiger charge is -2.26. The zero-order valence-electron chi connectivity index (χ0n) is 9.95. The molecule has 1 aliphatic heterocycles. The van der Waals surface area contributed by atoms with Gasteiger partial charge in [-0.05, 0) is 39.5 Å². The van der Waals surface area contributed by atoms with Gasteiger partial charge < -0.3 is 9.64 Å². The molecule has 1 saturated heterocycles. The molecule has 4 nitrogen and oxygen atoms in total. The molecule has 0 N–H and O–H groups in total. The van der Waals surface area contributed by atoms with E-state index in [-0.39, 0.29) is 5.97 Å². The van der Waals surface area contributed by atoms with Crippen molar-refractivity contribution < 1.29 is 14.3 Å². The zero-order chi connectivity index (χ0) is 12.3. The predicted molar refractivity (Wildman–Crippen MR) is 59.4 cm³/mol. The Morgan fingerprint density at radius 2 is 2.06 bits per heavy atom. The van der Waals surface area contributed by atoms with Gasteiger partial charge in [-0.25, -0.2) is 4.79 Å². The molecule has 1 aliphatic rings. The van der Waals surface area contributed by atoms with Crippen molar-refractivity contribution in [3.8, 4) is 12.3 Å². The monoisotopic (exact) mass is 223 g/mol. The largest absolute Gasteiger partial charge is 0.458 e. The van der Waals surface area contributed by atoms with E-state index in [1.54, 1.807) is 20.8 Å². The maximum absolute atomic E-state index is 11.8. The summed E-state index contributed by atoms with van der Waals surface area (Å²) >= 11 is 0. The van der Waals surface area contributed by atoms with E-state index in [9.17, 15) is 9.59 Å². The second kappa shape index (κ2) is 4.56. The summed E-state index contributed by atoms with van der Waals surface area (Å²) in [6.45, 7) is 5.93. The number of hydrogen-bond donors (Lipinski definition) is 0. The van der Waals surface area contributed by atoms with Crippen LogP contribution in [0.25, 0.3) is 0 Å². The number of esters is 1. The summed E-state index contributed by atoms with van der Waals surface area (Å²) < 4.78 is 5.25. The third kappa shape index (κ3) is 2.99. The lowest BCUT2D eigenvalue weighted by atomic mass is 10.1. The molecular weight excluding hydrogens is 206 g/mol. The molecule has 0 aromatic rings. The molecule has 1 amide bonds. The van der Waals surface area contributed by atoms with E-state index in [1.165, 1.54) is 4.90 Å². The second-order valence-electron chi connectivity index (χ2n) is 4.83. The van der Waals surface area contributed by atoms with Crippen LogP contribution in [0, 0.1) is 12.3 Å². The van der Waals surface area contributed by atoms with Gasteiger partial charge in [0.15, 0.2) is 0 Å². The lowest BCUT2D eigenvalue weighted by Crippen LogP contribution is -2.43. The summed E-state index contributed by atoms with van der Waals surface area (Å²) in [5.41, 5.74) is -0.537. The first-order valence-corrected chi connectivity index (χ1v) is 5.35. The molecular formula is C12H17NO3. The fourth-order valence-corrected chi connectivity index (χ4v) is 1.71. The van der Waals surface area contributed by atoms with Gasteiger partial charge in [-0.15, -0.1) is 6.42 Å². The van der Waals surface area contributed by atoms with Crippen LogP contribution in [0.15, 0.2) is 0 Å². The van der Waals surface area contributed by atoms with Crippen molar-refractivity contribution in [1.29, 1.82) is 0 Å². The number of ether oxygens (including phenoxy) is 1. The Morgan fingerprint density at radius 1 is 1.44 bits per heavy atom. The number of terminal acetylenes is 1. The number of carbonyl (C=O) groups is 2. The molecule has 0 bridgehead atoms. The van der Waals surface area contributed by atoms with E-state index < -0.39 is 17.6 Å². The van der Waals surface area contributed by atoms with Gasteiger partial charge in [-0.1, -0.05) is 0 Å². The molecule has 0 saturated carbocycles. The summed E-state index contributed by atoms with van der Waals surface area (Å²) in [6.07, 6.45) is 6.46. The van der Waals surface area contributed by atoms with Gasteiger partial charge in [-0.2, -0.15) is 0 Å². The molecule has 1 fully saturated rings. The van der Waals surface area contributed by atoms with Crippen LogP contribution in [0.4, 0.5) is 0 Å². The molecule has 1 atom stereocenters. The Bertz CT molecular complexity index is 335. The van der Waals surface area contributed by atoms with Crippen molar-refractivity contribution in [2.45, 2.75) is 45.3 Å². The van der Waals surface area contributed by atoms with Gasteiger partial charge >= 0.3 is 5.97 Å². The van der Waals surface area contributed by atoms with E-state index in [0.29, 0.717) is 13.0 Å². The van der Waals surface area contributed by atoms with Gasteiger partial charge in [0.05, 0.1) is 0 Å². The van der Waals surface area contributed by atoms with Crippen molar-refractivity contribution in [1.82, 2.24) is 4.90 Å². The van der Waals surface area contributed by atoms with Crippen molar-refractivity contribution in [2.24, 2.45) is 0 Å². The van der Waals surface area contributed by atoms with Crippen molar-refractivity contribution >= 4 is 11.9 Å². The molecule has 0 aromatic carbocycles. The summed E-state index contributed by atoms with van der Waals surface area (Å²) in [4.78, 5) is 24.6. The quantitative estimate of drug-likeness (QED) is 0.491. The number of carbonyl (C=O) groups excluding carboxylic acids is 2. The molecule has 1 heterocycles. The van der Waals surface area contributed by atoms with Crippen LogP contribution in [0.5, 0.6) is 0 Å². The van der Waals surface area contributed by atoms with Crippen LogP contribution in [0.2, 0.25) is 0 Å². The normalized spacial score (nSPS) is 20.4. The SMILES string of the molecule is C#CC(=O)N1CCC[C@H]1C(=O)OC(C)(C)C. The molecule has 4 heteroatoms. The fourth-order valence-electron chi connectivity index (χ4n) is 1.71. The first kappa shape index (κ1) is 12.6. The van der Waals surface area contributed by atoms with Crippen LogP contribution in [-0.4, -0.2) is 35.0 Å². The Kier molecular flexibility index (Phi) is 3.58. The standard InChI is InChI=1S/C12H17NO3/c1-5-10(14)13-8-6-7-9(13)11(15)16-12(2,3)4/h1,9H,6-8H2,2-4H3/t9-/m0/s1. The van der Waals surface area contributed by atoms with E-state index in [1.807, 2.05) is 5.92 Å². The van der Waals surface area contributed by atoms with Crippen molar-refractivity contribution in [2.75, 3.05) is 6.54 Å². The number of hydrogen-bond acceptors (Lipinski definition) is 3. The van der Waals surface area contributed by atoms with E-state index >= 15 is 0 Å². The molecule has 0 aromatic heterocycles. The Morgan fingerprint density at radius 3 is 2.56 bits per heavy atom. The number of nitrogens with zero attached hydrogens (tertiary/aromatic N) is 1. The van der Waals surface area contributed by atoms with Gasteiger partial charge in [0, 0.05) is 6.54 Å². The van der Waals surface area contributed by atoms with Gasteiger partial charge in [0.2, 0.25) is 0 Å². The fraction of sp³-hybridized carbons (Fsp3) is 0.667. The Labute approximate surface area is 95.9 Å². The minimum Gasteiger partial charge on any atom is -0.458 e. The van der Waals surface area contributed by atoms with E-state index in [2.05, 4.69) is 0 Å². The molecule has 88 valence electrons. The summed E-state index contributed by atoms with van der Waals surface area (Å²) in [5.74, 6) is 1.23. The maximum atomic E-state index is 11.8. The minimum absolute atomic E-state index is 0.367. The van der Waals surface area contributed by atoms with E-state index in [4.69, 9.17) is 11.2 Å². The molecule has 0 spiro atoms. The smallest absolute Gasteiger partial charge is 0.329 e. The number of amides is 1. The average Bonchev–Trinajstić information content (AvgIpc) is 2.62. The summed E-state index contributed by atoms with van der Waals surface area (Å²) in [6, 6.07) is -0.511. The number of likely N-dealkylation sites (tertiary alicyclic amines) is 1. The summed E-state index contributed by atoms with van der Waals surface area (Å²) in [5, 5.41) is 0. The van der Waals surface area contributed by atoms with Gasteiger partial charge in [0.1, 0.15) is 11.6 Å². The van der Waals surface area contributed by atoms with Crippen LogP contribution in [0.3, 0.4) is 0 Å². The Hall–Kier alpha value is -1.50. The molecule has 0 unspecified atom stereocenters. The van der Waals surface area contributed by atoms with Crippen molar-refractivity contribution in [3.05, 3.63) is 0 Å². The van der Waals surface area contributed by atoms with Gasteiger partial charge in [0.25, 0.3) is 5.91 Å². The highest BCUT2D eigenvalue weighted by Crippen LogP contribution is 2.20. The topological polar surface area (TPSA) is 46.6 Å². The first-order chi connectivity index (χ1) is 7.35. The Balaban J connectivity index is 2.69. The molecule has 0 aliphatic carbocycles. The first-order valence-electron chi connectivity index (χ1n) is 5.35. The molecule has 16 heavy (non-hydrogen) atoms. The highest BCUT2D eigenvalue weighted by Gasteiger charge is 2.36. The third-order valence-electron chi connectivity index (χ3n) is 2.32. The van der Waals surface area contributed by atoms with Crippen LogP contribution < -0.4 is 0 Å². The second-order valence-corrected chi connectivity index (χ2v) is 4.83. The van der Waals surface area contributed by atoms with Gasteiger partial charge in [-0.3, -0.25) is 4.79 Å². The lowest BCUT2D eigenvalue weighted by molar-refractivity contribution is -0.162. The van der Waals surface area contributed by atoms with E-state index in [0.717, 1.165) is 6.42 Å². The van der Waals surface area contributed by atoms with Crippen LogP contribution in [-0.2, 0) is 14.3 Å². The summed E-state index contributed by atoms with van der Waals surface area (Å²) in [7, 11) is 0. The highest BCUT2D eigenvalue weighted by molar-refractivity contribution is 5.96. The third-order valence-corrected chi connectivity index (χ3v) is 2.32.